The van der Waals surface area contributed by atoms with Crippen molar-refractivity contribution in [2.24, 2.45) is 0 Å². The van der Waals surface area contributed by atoms with Gasteiger partial charge in [-0.15, -0.1) is 0 Å². The predicted octanol–water partition coefficient (Wildman–Crippen LogP) is 5.87. The lowest BCUT2D eigenvalue weighted by molar-refractivity contribution is -0.248. The second-order valence-corrected chi connectivity index (χ2v) is 19.9. The number of anilines is 1. The lowest BCUT2D eigenvalue weighted by atomic mass is 10.1. The van der Waals surface area contributed by atoms with Crippen LogP contribution in [0.3, 0.4) is 0 Å². The largest absolute Gasteiger partial charge is 0.400 e. The maximum absolute atomic E-state index is 13.6. The number of carbonyl (C=O) groups is 1. The van der Waals surface area contributed by atoms with Gasteiger partial charge in [0.25, 0.3) is 14.2 Å². The first-order chi connectivity index (χ1) is 25.5. The van der Waals surface area contributed by atoms with Crippen LogP contribution in [0.1, 0.15) is 57.6 Å². The smallest absolute Gasteiger partial charge is 0.356 e. The molecule has 0 unspecified atom stereocenters. The van der Waals surface area contributed by atoms with Gasteiger partial charge in [0.05, 0.1) is 32.3 Å². The zero-order valence-corrected chi connectivity index (χ0v) is 32.4. The molecule has 15 heteroatoms. The average Bonchev–Trinajstić information content (AvgIpc) is 3.76. The highest BCUT2D eigenvalue weighted by molar-refractivity contribution is 7.53. The summed E-state index contributed by atoms with van der Waals surface area (Å²) in [7, 11) is -6.91. The highest BCUT2D eigenvalue weighted by atomic mass is 31.2. The topological polar surface area (TPSA) is 156 Å². The fourth-order valence-corrected chi connectivity index (χ4v) is 12.9. The molecule has 280 valence electrons. The Balaban J connectivity index is 1.46. The number of hydrogen-bond acceptors (Lipinski definition) is 11. The Morgan fingerprint density at radius 3 is 2.08 bits per heavy atom. The number of hydrogen-bond donors (Lipinski definition) is 2. The summed E-state index contributed by atoms with van der Waals surface area (Å²) >= 11 is 0. The van der Waals surface area contributed by atoms with Gasteiger partial charge < -0.3 is 33.4 Å². The monoisotopic (exact) mass is 759 g/mol. The van der Waals surface area contributed by atoms with Gasteiger partial charge in [-0.3, -0.25) is 13.9 Å². The number of fused-ring (bicyclic) bond motifs is 1. The minimum absolute atomic E-state index is 0.0409. The van der Waals surface area contributed by atoms with Crippen LogP contribution < -0.4 is 15.7 Å². The first-order valence-electron chi connectivity index (χ1n) is 17.6. The quantitative estimate of drug-likeness (QED) is 0.0973. The van der Waals surface area contributed by atoms with E-state index in [9.17, 15) is 14.5 Å². The SMILES string of the molecule is CCOP(=O)(CO[C@]1(CO)C[C@@H](O[Si](c2ccccc2)(c2ccccc2)C(C)(C)C)[C@H](n2cnc3c(NC(=O)c4ccccc4)ncnc32)O1)OCC. The Morgan fingerprint density at radius 1 is 0.943 bits per heavy atom. The van der Waals surface area contributed by atoms with Gasteiger partial charge in [0.1, 0.15) is 6.33 Å². The second kappa shape index (κ2) is 16.1. The van der Waals surface area contributed by atoms with Gasteiger partial charge in [0.15, 0.2) is 35.3 Å². The number of carbonyl (C=O) groups excluding carboxylic acids is 1. The van der Waals surface area contributed by atoms with Gasteiger partial charge in [-0.2, -0.15) is 0 Å². The molecule has 3 heterocycles. The van der Waals surface area contributed by atoms with Crippen LogP contribution >= 0.6 is 7.60 Å². The molecule has 1 fully saturated rings. The molecule has 5 aromatic rings. The van der Waals surface area contributed by atoms with Gasteiger partial charge in [-0.25, -0.2) is 15.0 Å². The van der Waals surface area contributed by atoms with Gasteiger partial charge in [0, 0.05) is 12.0 Å². The number of aromatic nitrogens is 4. The molecule has 2 aromatic heterocycles. The molecular weight excluding hydrogens is 714 g/mol. The van der Waals surface area contributed by atoms with Crippen molar-refractivity contribution in [1.29, 1.82) is 0 Å². The average molecular weight is 760 g/mol. The first-order valence-corrected chi connectivity index (χ1v) is 21.3. The second-order valence-electron chi connectivity index (χ2n) is 13.7. The fourth-order valence-electron chi connectivity index (χ4n) is 6.85. The van der Waals surface area contributed by atoms with E-state index in [1.54, 1.807) is 49.0 Å². The minimum atomic E-state index is -3.70. The van der Waals surface area contributed by atoms with Crippen LogP contribution in [0.25, 0.3) is 11.2 Å². The number of nitrogens with one attached hydrogen (secondary N) is 1. The molecule has 53 heavy (non-hydrogen) atoms. The standard InChI is InChI=1S/C38H46N5O8PSi/c1-6-48-52(46,49-7-2)27-47-38(24-44)23-31(51-53(37(3,4)5,29-19-13-9-14-20-29)30-21-15-10-16-22-30)36(50-38)43-26-41-32-33(39-25-40-34(32)43)42-35(45)28-17-11-8-12-18-28/h8-22,25-26,31,36,44H,6-7,23-24,27H2,1-5H3,(H,39,40,42,45)/t31-,36-,38-/m1/s1. The van der Waals surface area contributed by atoms with E-state index in [2.05, 4.69) is 65.3 Å². The van der Waals surface area contributed by atoms with E-state index in [1.165, 1.54) is 6.33 Å². The summed E-state index contributed by atoms with van der Waals surface area (Å²) in [5.41, 5.74) is 1.13. The van der Waals surface area contributed by atoms with E-state index in [0.717, 1.165) is 10.4 Å². The van der Waals surface area contributed by atoms with E-state index in [4.69, 9.17) is 22.9 Å². The summed E-state index contributed by atoms with van der Waals surface area (Å²) in [5.74, 6) is -1.83. The Kier molecular flexibility index (Phi) is 11.7. The molecule has 6 rings (SSSR count). The van der Waals surface area contributed by atoms with Crippen LogP contribution in [-0.4, -0.2) is 76.9 Å². The van der Waals surface area contributed by atoms with Gasteiger partial charge in [-0.1, -0.05) is 99.6 Å². The van der Waals surface area contributed by atoms with Crippen LogP contribution in [0.4, 0.5) is 5.82 Å². The van der Waals surface area contributed by atoms with Crippen molar-refractivity contribution in [3.05, 3.63) is 109 Å². The van der Waals surface area contributed by atoms with Crippen LogP contribution in [0, 0.1) is 0 Å². The van der Waals surface area contributed by atoms with Crippen molar-refractivity contribution >= 4 is 49.2 Å². The molecule has 0 radical (unpaired) electrons. The van der Waals surface area contributed by atoms with Crippen molar-refractivity contribution < 1.29 is 37.4 Å². The summed E-state index contributed by atoms with van der Waals surface area (Å²) in [6.45, 7) is 9.62. The summed E-state index contributed by atoms with van der Waals surface area (Å²) in [6, 6.07) is 29.1. The number of benzene rings is 3. The van der Waals surface area contributed by atoms with Crippen LogP contribution in [-0.2, 0) is 27.5 Å². The molecule has 0 spiro atoms. The molecule has 3 atom stereocenters. The minimum Gasteiger partial charge on any atom is -0.400 e. The molecule has 0 aliphatic carbocycles. The molecule has 2 N–H and O–H groups in total. The highest BCUT2D eigenvalue weighted by Gasteiger charge is 2.57. The number of aliphatic hydroxyl groups excluding tert-OH is 1. The predicted molar refractivity (Wildman–Crippen MR) is 204 cm³/mol. The van der Waals surface area contributed by atoms with Crippen molar-refractivity contribution in [3.8, 4) is 0 Å². The van der Waals surface area contributed by atoms with E-state index in [1.807, 2.05) is 42.5 Å². The maximum Gasteiger partial charge on any atom is 0.356 e. The van der Waals surface area contributed by atoms with E-state index < -0.39 is 52.0 Å². The molecular formula is C38H46N5O8PSi. The Morgan fingerprint density at radius 2 is 1.53 bits per heavy atom. The third-order valence-corrected chi connectivity index (χ3v) is 16.0. The third-order valence-electron chi connectivity index (χ3n) is 9.19. The van der Waals surface area contributed by atoms with Crippen LogP contribution in [0.2, 0.25) is 5.04 Å². The molecule has 13 nitrogen and oxygen atoms in total. The lowest BCUT2D eigenvalue weighted by Gasteiger charge is -2.45. The third kappa shape index (κ3) is 7.91. The van der Waals surface area contributed by atoms with Gasteiger partial charge >= 0.3 is 7.60 Å². The molecule has 0 bridgehead atoms. The van der Waals surface area contributed by atoms with Crippen LogP contribution in [0.5, 0.6) is 0 Å². The molecule has 3 aromatic carbocycles. The lowest BCUT2D eigenvalue weighted by Crippen LogP contribution is -2.68. The number of rotatable bonds is 15. The molecule has 1 saturated heterocycles. The molecule has 1 aliphatic heterocycles. The van der Waals surface area contributed by atoms with E-state index in [-0.39, 0.29) is 31.4 Å². The van der Waals surface area contributed by atoms with Crippen molar-refractivity contribution in [1.82, 2.24) is 19.5 Å². The van der Waals surface area contributed by atoms with Crippen LogP contribution in [0.15, 0.2) is 104 Å². The number of amides is 1. The summed E-state index contributed by atoms with van der Waals surface area (Å²) in [6.07, 6.45) is 0.740. The Hall–Kier alpha value is -4.11. The number of imidazole rings is 1. The highest BCUT2D eigenvalue weighted by Crippen LogP contribution is 2.51. The van der Waals surface area contributed by atoms with Crippen molar-refractivity contribution in [3.63, 3.8) is 0 Å². The summed E-state index contributed by atoms with van der Waals surface area (Å²) in [4.78, 5) is 26.6. The normalized spacial score (nSPS) is 19.4. The fraction of sp³-hybridized carbons (Fsp3) is 0.368. The first kappa shape index (κ1) is 38.6. The van der Waals surface area contributed by atoms with Gasteiger partial charge in [-0.05, 0) is 41.4 Å². The van der Waals surface area contributed by atoms with E-state index >= 15 is 0 Å². The summed E-state index contributed by atoms with van der Waals surface area (Å²) in [5, 5.41) is 15.5. The number of ether oxygens (including phenoxy) is 2. The Bertz CT molecular complexity index is 1980. The van der Waals surface area contributed by atoms with Crippen molar-refractivity contribution in [2.75, 3.05) is 31.5 Å². The molecule has 1 aliphatic rings. The number of nitrogens with zero attached hydrogens (tertiary/aromatic N) is 4. The zero-order chi connectivity index (χ0) is 37.7. The van der Waals surface area contributed by atoms with Gasteiger partial charge in [0.2, 0.25) is 0 Å². The van der Waals surface area contributed by atoms with E-state index in [0.29, 0.717) is 16.7 Å². The maximum atomic E-state index is 13.6. The molecule has 0 saturated carbocycles. The van der Waals surface area contributed by atoms with Crippen molar-refractivity contribution in [2.45, 2.75) is 64.2 Å². The summed E-state index contributed by atoms with van der Waals surface area (Å²) < 4.78 is 46.8. The number of aliphatic hydroxyl groups is 1. The Labute approximate surface area is 310 Å². The zero-order valence-electron chi connectivity index (χ0n) is 30.5. The molecule has 1 amide bonds.